The molecule has 64 heavy (non-hydrogen) atoms. The number of ketones is 2. The smallest absolute Gasteiger partial charge is 0.270 e. The van der Waals surface area contributed by atoms with Gasteiger partial charge in [-0.1, -0.05) is 61.4 Å². The summed E-state index contributed by atoms with van der Waals surface area (Å²) in [7, 11) is 0. The highest BCUT2D eigenvalue weighted by Gasteiger charge is 2.51. The van der Waals surface area contributed by atoms with Gasteiger partial charge in [-0.05, 0) is 86.8 Å². The molecule has 4 aromatic heterocycles. The fourth-order valence-electron chi connectivity index (χ4n) is 10.9. The summed E-state index contributed by atoms with van der Waals surface area (Å²) in [5.74, 6) is 1.23. The Balaban J connectivity index is 1.03. The number of ether oxygens (including phenoxy) is 2. The number of fused-ring (bicyclic) bond motifs is 13. The van der Waals surface area contributed by atoms with Gasteiger partial charge in [-0.25, -0.2) is 20.2 Å². The Hall–Kier alpha value is -6.64. The van der Waals surface area contributed by atoms with Gasteiger partial charge in [0.25, 0.3) is 11.4 Å². The van der Waals surface area contributed by atoms with Crippen molar-refractivity contribution in [3.05, 3.63) is 149 Å². The Bertz CT molecular complexity index is 3190. The first-order valence-electron chi connectivity index (χ1n) is 21.3. The molecule has 2 spiro atoms. The van der Waals surface area contributed by atoms with Crippen LogP contribution in [0, 0.1) is 35.8 Å². The summed E-state index contributed by atoms with van der Waals surface area (Å²) in [4.78, 5) is 41.0. The number of thiophene rings is 4. The van der Waals surface area contributed by atoms with Gasteiger partial charge in [0.1, 0.15) is 22.7 Å². The quantitative estimate of drug-likeness (QED) is 0.0972. The molecule has 2 fully saturated rings. The van der Waals surface area contributed by atoms with Crippen LogP contribution in [0.1, 0.15) is 117 Å². The third kappa shape index (κ3) is 5.44. The summed E-state index contributed by atoms with van der Waals surface area (Å²) in [6.07, 6.45) is 13.7. The molecule has 4 aliphatic carbocycles. The van der Waals surface area contributed by atoms with Gasteiger partial charge in [0.15, 0.2) is 11.6 Å². The summed E-state index contributed by atoms with van der Waals surface area (Å²) in [5, 5.41) is 19.9. The van der Waals surface area contributed by atoms with Crippen LogP contribution in [-0.4, -0.2) is 11.6 Å². The van der Waals surface area contributed by atoms with Crippen molar-refractivity contribution >= 4 is 89.6 Å². The van der Waals surface area contributed by atoms with Crippen LogP contribution >= 0.6 is 45.3 Å². The molecule has 6 aromatic rings. The van der Waals surface area contributed by atoms with Crippen molar-refractivity contribution in [2.75, 3.05) is 0 Å². The lowest BCUT2D eigenvalue weighted by Gasteiger charge is -2.41. The lowest BCUT2D eigenvalue weighted by Crippen LogP contribution is -2.37. The van der Waals surface area contributed by atoms with E-state index >= 15 is 0 Å². The van der Waals surface area contributed by atoms with Gasteiger partial charge in [0.2, 0.25) is 0 Å². The molecule has 0 N–H and O–H groups in total. The van der Waals surface area contributed by atoms with E-state index in [1.54, 1.807) is 59.1 Å². The predicted octanol–water partition coefficient (Wildman–Crippen LogP) is 14.4. The van der Waals surface area contributed by atoms with Crippen molar-refractivity contribution in [2.45, 2.75) is 75.4 Å². The second kappa shape index (κ2) is 14.4. The minimum atomic E-state index is -0.517. The summed E-state index contributed by atoms with van der Waals surface area (Å²) in [6.45, 7) is 15.5. The molecule has 6 heterocycles. The molecule has 12 rings (SSSR count). The number of carbonyl (C=O) groups is 2. The summed E-state index contributed by atoms with van der Waals surface area (Å²) < 4.78 is 17.1. The third-order valence-electron chi connectivity index (χ3n) is 13.6. The maximum absolute atomic E-state index is 13.9. The summed E-state index contributed by atoms with van der Waals surface area (Å²) in [5.41, 5.74) is 4.96. The molecule has 6 aliphatic rings. The summed E-state index contributed by atoms with van der Waals surface area (Å²) in [6, 6.07) is 22.5. The largest absolute Gasteiger partial charge is 0.481 e. The van der Waals surface area contributed by atoms with Crippen molar-refractivity contribution < 1.29 is 19.1 Å². The highest BCUT2D eigenvalue weighted by molar-refractivity contribution is 7.34. The van der Waals surface area contributed by atoms with Crippen LogP contribution in [0.4, 0.5) is 0 Å². The number of Topliss-reactive ketones (excluding diaryl/α,β-unsaturated/α-hetero) is 2. The minimum absolute atomic E-state index is 0.0993. The van der Waals surface area contributed by atoms with Gasteiger partial charge in [0.05, 0.1) is 54.2 Å². The van der Waals surface area contributed by atoms with Crippen molar-refractivity contribution in [1.82, 2.24) is 0 Å². The number of rotatable bonds is 2. The van der Waals surface area contributed by atoms with Crippen LogP contribution in [-0.2, 0) is 11.2 Å². The van der Waals surface area contributed by atoms with Crippen LogP contribution < -0.4 is 9.47 Å². The number of nitriles is 2. The maximum Gasteiger partial charge on any atom is 0.270 e. The zero-order valence-electron chi connectivity index (χ0n) is 34.1. The average molecular weight is 905 g/mol. The van der Waals surface area contributed by atoms with Crippen LogP contribution in [0.2, 0.25) is 0 Å². The molecular weight excluding hydrogens is 873 g/mol. The Kier molecular flexibility index (Phi) is 8.80. The van der Waals surface area contributed by atoms with Gasteiger partial charge in [-0.15, -0.1) is 45.3 Å². The lowest BCUT2D eigenvalue weighted by atomic mass is 9.76. The third-order valence-corrected chi connectivity index (χ3v) is 18.6. The molecule has 0 unspecified atom stereocenters. The standard InChI is InChI=1S/C52H32N4O4S4/c1-55-35(25-53)39-29-13-5-7-15-31(29)43(57)33(39)21-27-23-37-45(61-27)47-41(51(59-37)17-9-3-10-18-51)49-50(63-47)42-48(64-49)46-38(60-52(42)19-11-4-12-20-52)24-28(62-46)22-34-40(36(26-54)56-2)30-14-6-8-16-32(30)44(34)58/h5-8,13-16,21-24H,3-4,9-12,17-20H2/b33-21-,34-22-,39-35+,40-36?. The SMILES string of the molecule is [C-]#[N+]C(C#N)=C1/C(=C/c2cc3c(s2)-c2sc4c5c(sc4c2C2(CCCCC2)O3)-c2sc(/C=C3\C(=O)c4ccccc4\C3=C(\C#N)[N+]#[C-])cc2OC52CCCCC2)C(=O)c2ccccc21. The van der Waals surface area contributed by atoms with E-state index in [-0.39, 0.29) is 23.0 Å². The van der Waals surface area contributed by atoms with Crippen molar-refractivity contribution in [3.63, 3.8) is 0 Å². The van der Waals surface area contributed by atoms with Gasteiger partial charge >= 0.3 is 0 Å². The highest BCUT2D eigenvalue weighted by Crippen LogP contribution is 2.66. The second-order valence-electron chi connectivity index (χ2n) is 17.0. The Morgan fingerprint density at radius 1 is 0.578 bits per heavy atom. The monoisotopic (exact) mass is 904 g/mol. The van der Waals surface area contributed by atoms with E-state index in [2.05, 4.69) is 9.69 Å². The van der Waals surface area contributed by atoms with Crippen molar-refractivity contribution in [3.8, 4) is 43.1 Å². The minimum Gasteiger partial charge on any atom is -0.481 e. The van der Waals surface area contributed by atoms with Crippen LogP contribution in [0.5, 0.6) is 11.5 Å². The molecule has 8 nitrogen and oxygen atoms in total. The molecule has 2 aliphatic heterocycles. The highest BCUT2D eigenvalue weighted by atomic mass is 32.1. The molecule has 2 saturated carbocycles. The first kappa shape index (κ1) is 39.0. The summed E-state index contributed by atoms with van der Waals surface area (Å²) >= 11 is 6.84. The molecule has 308 valence electrons. The first-order valence-corrected chi connectivity index (χ1v) is 24.6. The number of benzene rings is 2. The molecular formula is C52H32N4O4S4. The lowest BCUT2D eigenvalue weighted by molar-refractivity contribution is 0.0257. The van der Waals surface area contributed by atoms with E-state index in [0.29, 0.717) is 44.5 Å². The van der Waals surface area contributed by atoms with Gasteiger partial charge in [-0.3, -0.25) is 9.59 Å². The van der Waals surface area contributed by atoms with E-state index in [1.165, 1.54) is 30.3 Å². The number of hydrogen-bond acceptors (Lipinski definition) is 10. The Labute approximate surface area is 384 Å². The van der Waals surface area contributed by atoms with Gasteiger partial charge < -0.3 is 9.47 Å². The van der Waals surface area contributed by atoms with Crippen LogP contribution in [0.3, 0.4) is 0 Å². The van der Waals surface area contributed by atoms with E-state index in [1.807, 2.05) is 71.2 Å². The van der Waals surface area contributed by atoms with E-state index in [0.717, 1.165) is 95.2 Å². The Morgan fingerprint density at radius 3 is 1.34 bits per heavy atom. The van der Waals surface area contributed by atoms with Gasteiger partial charge in [0, 0.05) is 54.3 Å². The molecule has 0 bridgehead atoms. The number of carbonyl (C=O) groups excluding carboxylic acids is 2. The van der Waals surface area contributed by atoms with E-state index < -0.39 is 11.2 Å². The number of hydrogen-bond donors (Lipinski definition) is 0. The van der Waals surface area contributed by atoms with Crippen LogP contribution in [0.15, 0.2) is 83.2 Å². The fraction of sp³-hybridized carbons (Fsp3) is 0.231. The predicted molar refractivity (Wildman–Crippen MR) is 253 cm³/mol. The molecule has 0 saturated heterocycles. The molecule has 0 atom stereocenters. The molecule has 0 radical (unpaired) electrons. The Morgan fingerprint density at radius 2 is 0.969 bits per heavy atom. The zero-order chi connectivity index (χ0) is 43.5. The van der Waals surface area contributed by atoms with E-state index in [9.17, 15) is 20.1 Å². The zero-order valence-corrected chi connectivity index (χ0v) is 37.3. The first-order chi connectivity index (χ1) is 31.3. The molecule has 12 heteroatoms. The second-order valence-corrected chi connectivity index (χ2v) is 21.2. The topological polar surface area (TPSA) is 109 Å². The van der Waals surface area contributed by atoms with E-state index in [4.69, 9.17) is 22.6 Å². The van der Waals surface area contributed by atoms with Gasteiger partial charge in [-0.2, -0.15) is 0 Å². The molecule has 2 aromatic carbocycles. The number of nitrogens with zero attached hydrogens (tertiary/aromatic N) is 4. The normalized spacial score (nSPS) is 21.1. The fourth-order valence-corrected chi connectivity index (χ4v) is 16.5. The maximum atomic E-state index is 13.9. The van der Waals surface area contributed by atoms with Crippen molar-refractivity contribution in [1.29, 1.82) is 10.5 Å². The molecule has 0 amide bonds. The van der Waals surface area contributed by atoms with Crippen LogP contribution in [0.25, 0.3) is 61.9 Å². The van der Waals surface area contributed by atoms with Crippen molar-refractivity contribution in [2.24, 2.45) is 0 Å². The number of allylic oxidation sites excluding steroid dienone is 6. The average Bonchev–Trinajstić information content (AvgIpc) is 4.17.